The molecule has 0 bridgehead atoms. The van der Waals surface area contributed by atoms with Crippen LogP contribution < -0.4 is 10.6 Å². The third-order valence-corrected chi connectivity index (χ3v) is 5.05. The van der Waals surface area contributed by atoms with Crippen molar-refractivity contribution in [1.29, 1.82) is 0 Å². The summed E-state index contributed by atoms with van der Waals surface area (Å²) in [4.78, 5) is 14.5. The largest absolute Gasteiger partial charge is 0.356 e. The summed E-state index contributed by atoms with van der Waals surface area (Å²) in [6, 6.07) is 0. The number of nitrogens with zero attached hydrogens (tertiary/aromatic N) is 1. The number of hydrogen-bond donors (Lipinski definition) is 2. The Balaban J connectivity index is 1.62. The van der Waals surface area contributed by atoms with Crippen LogP contribution in [-0.2, 0) is 4.79 Å². The highest BCUT2D eigenvalue weighted by Gasteiger charge is 2.24. The van der Waals surface area contributed by atoms with E-state index in [-0.39, 0.29) is 5.91 Å². The standard InChI is InChI=1S/C16H31N3O/c1-3-19-8-6-14(12-19)10-18-16(20)9-13(2)15-5-4-7-17-11-15/h13-15,17H,3-12H2,1-2H3,(H,18,20). The molecule has 116 valence electrons. The second-order valence-electron chi connectivity index (χ2n) is 6.64. The molecule has 4 heteroatoms. The lowest BCUT2D eigenvalue weighted by Gasteiger charge is -2.28. The Morgan fingerprint density at radius 2 is 2.30 bits per heavy atom. The fraction of sp³-hybridized carbons (Fsp3) is 0.938. The lowest BCUT2D eigenvalue weighted by Crippen LogP contribution is -2.36. The van der Waals surface area contributed by atoms with Crippen molar-refractivity contribution < 1.29 is 4.79 Å². The van der Waals surface area contributed by atoms with E-state index in [0.717, 1.165) is 32.7 Å². The second-order valence-corrected chi connectivity index (χ2v) is 6.64. The number of carbonyl (C=O) groups excluding carboxylic acids is 1. The summed E-state index contributed by atoms with van der Waals surface area (Å²) in [5.74, 6) is 2.08. The Morgan fingerprint density at radius 3 is 2.95 bits per heavy atom. The molecule has 0 aromatic rings. The number of carbonyl (C=O) groups is 1. The molecule has 1 amide bonds. The third-order valence-electron chi connectivity index (χ3n) is 5.05. The Bertz CT molecular complexity index is 302. The van der Waals surface area contributed by atoms with Crippen molar-refractivity contribution in [1.82, 2.24) is 15.5 Å². The molecule has 0 aromatic carbocycles. The van der Waals surface area contributed by atoms with Crippen LogP contribution in [-0.4, -0.2) is 50.1 Å². The number of nitrogens with one attached hydrogen (secondary N) is 2. The molecule has 0 saturated carbocycles. The van der Waals surface area contributed by atoms with Gasteiger partial charge in [-0.15, -0.1) is 0 Å². The van der Waals surface area contributed by atoms with Gasteiger partial charge in [0.1, 0.15) is 0 Å². The van der Waals surface area contributed by atoms with Crippen molar-refractivity contribution in [2.75, 3.05) is 39.3 Å². The van der Waals surface area contributed by atoms with Crippen molar-refractivity contribution in [2.24, 2.45) is 17.8 Å². The molecule has 2 N–H and O–H groups in total. The predicted molar refractivity (Wildman–Crippen MR) is 82.6 cm³/mol. The molecule has 0 aliphatic carbocycles. The Morgan fingerprint density at radius 1 is 1.45 bits per heavy atom. The van der Waals surface area contributed by atoms with E-state index in [4.69, 9.17) is 0 Å². The van der Waals surface area contributed by atoms with E-state index in [1.165, 1.54) is 25.8 Å². The molecular formula is C16H31N3O. The topological polar surface area (TPSA) is 44.4 Å². The molecular weight excluding hydrogens is 250 g/mol. The van der Waals surface area contributed by atoms with Gasteiger partial charge in [0, 0.05) is 19.5 Å². The number of amides is 1. The second kappa shape index (κ2) is 7.99. The maximum atomic E-state index is 12.1. The third kappa shape index (κ3) is 4.74. The van der Waals surface area contributed by atoms with Crippen LogP contribution in [0.5, 0.6) is 0 Å². The highest BCUT2D eigenvalue weighted by atomic mass is 16.1. The molecule has 0 spiro atoms. The average Bonchev–Trinajstić information content (AvgIpc) is 2.94. The fourth-order valence-electron chi connectivity index (χ4n) is 3.52. The first-order valence-corrected chi connectivity index (χ1v) is 8.38. The molecule has 4 nitrogen and oxygen atoms in total. The van der Waals surface area contributed by atoms with Crippen molar-refractivity contribution >= 4 is 5.91 Å². The highest BCUT2D eigenvalue weighted by molar-refractivity contribution is 5.76. The van der Waals surface area contributed by atoms with Crippen LogP contribution in [0.25, 0.3) is 0 Å². The molecule has 3 unspecified atom stereocenters. The van der Waals surface area contributed by atoms with Crippen molar-refractivity contribution in [3.05, 3.63) is 0 Å². The molecule has 0 radical (unpaired) electrons. The first kappa shape index (κ1) is 15.8. The molecule has 2 rings (SSSR count). The summed E-state index contributed by atoms with van der Waals surface area (Å²) in [5, 5.41) is 6.59. The fourth-order valence-corrected chi connectivity index (χ4v) is 3.52. The maximum absolute atomic E-state index is 12.1. The van der Waals surface area contributed by atoms with Crippen molar-refractivity contribution in [2.45, 2.75) is 39.5 Å². The lowest BCUT2D eigenvalue weighted by molar-refractivity contribution is -0.122. The van der Waals surface area contributed by atoms with E-state index in [1.807, 2.05) is 0 Å². The van der Waals surface area contributed by atoms with Crippen LogP contribution in [0.2, 0.25) is 0 Å². The molecule has 2 saturated heterocycles. The zero-order chi connectivity index (χ0) is 14.4. The minimum Gasteiger partial charge on any atom is -0.356 e. The van der Waals surface area contributed by atoms with Gasteiger partial charge in [0.15, 0.2) is 0 Å². The quantitative estimate of drug-likeness (QED) is 0.775. The van der Waals surface area contributed by atoms with Gasteiger partial charge in [-0.1, -0.05) is 13.8 Å². The number of hydrogen-bond acceptors (Lipinski definition) is 3. The average molecular weight is 281 g/mol. The van der Waals surface area contributed by atoms with Crippen LogP contribution in [0, 0.1) is 17.8 Å². The van der Waals surface area contributed by atoms with E-state index in [9.17, 15) is 4.79 Å². The number of rotatable bonds is 6. The molecule has 20 heavy (non-hydrogen) atoms. The van der Waals surface area contributed by atoms with Gasteiger partial charge in [0.05, 0.1) is 0 Å². The summed E-state index contributed by atoms with van der Waals surface area (Å²) in [5.41, 5.74) is 0. The van der Waals surface area contributed by atoms with Gasteiger partial charge in [-0.2, -0.15) is 0 Å². The Labute approximate surface area is 123 Å². The SMILES string of the molecule is CCN1CCC(CNC(=O)CC(C)C2CCCNC2)C1. The van der Waals surface area contributed by atoms with E-state index < -0.39 is 0 Å². The summed E-state index contributed by atoms with van der Waals surface area (Å²) in [7, 11) is 0. The first-order valence-electron chi connectivity index (χ1n) is 8.38. The van der Waals surface area contributed by atoms with Gasteiger partial charge in [0.2, 0.25) is 5.91 Å². The van der Waals surface area contributed by atoms with Crippen molar-refractivity contribution in [3.63, 3.8) is 0 Å². The molecule has 0 aromatic heterocycles. The minimum atomic E-state index is 0.248. The molecule has 2 heterocycles. The maximum Gasteiger partial charge on any atom is 0.220 e. The van der Waals surface area contributed by atoms with Crippen LogP contribution >= 0.6 is 0 Å². The monoisotopic (exact) mass is 281 g/mol. The number of piperidine rings is 1. The van der Waals surface area contributed by atoms with Gasteiger partial charge >= 0.3 is 0 Å². The van der Waals surface area contributed by atoms with Crippen LogP contribution in [0.1, 0.15) is 39.5 Å². The molecule has 2 aliphatic heterocycles. The van der Waals surface area contributed by atoms with Gasteiger partial charge in [0.25, 0.3) is 0 Å². The van der Waals surface area contributed by atoms with E-state index >= 15 is 0 Å². The van der Waals surface area contributed by atoms with E-state index in [0.29, 0.717) is 24.2 Å². The van der Waals surface area contributed by atoms with Crippen molar-refractivity contribution in [3.8, 4) is 0 Å². The summed E-state index contributed by atoms with van der Waals surface area (Å²) in [6.45, 7) is 11.0. The zero-order valence-corrected chi connectivity index (χ0v) is 13.2. The smallest absolute Gasteiger partial charge is 0.220 e. The summed E-state index contributed by atoms with van der Waals surface area (Å²) in [6.07, 6.45) is 4.45. The van der Waals surface area contributed by atoms with Gasteiger partial charge in [-0.05, 0) is 63.2 Å². The Kier molecular flexibility index (Phi) is 6.30. The van der Waals surface area contributed by atoms with Gasteiger partial charge < -0.3 is 15.5 Å². The normalized spacial score (nSPS) is 29.3. The highest BCUT2D eigenvalue weighted by Crippen LogP contribution is 2.22. The number of likely N-dealkylation sites (tertiary alicyclic amines) is 1. The van der Waals surface area contributed by atoms with Crippen LogP contribution in [0.4, 0.5) is 0 Å². The van der Waals surface area contributed by atoms with E-state index in [2.05, 4.69) is 29.4 Å². The summed E-state index contributed by atoms with van der Waals surface area (Å²) < 4.78 is 0. The van der Waals surface area contributed by atoms with Gasteiger partial charge in [-0.3, -0.25) is 4.79 Å². The van der Waals surface area contributed by atoms with E-state index in [1.54, 1.807) is 0 Å². The molecule has 3 atom stereocenters. The first-order chi connectivity index (χ1) is 9.69. The van der Waals surface area contributed by atoms with Gasteiger partial charge in [-0.25, -0.2) is 0 Å². The minimum absolute atomic E-state index is 0.248. The molecule has 2 fully saturated rings. The van der Waals surface area contributed by atoms with Crippen LogP contribution in [0.15, 0.2) is 0 Å². The van der Waals surface area contributed by atoms with Crippen LogP contribution in [0.3, 0.4) is 0 Å². The predicted octanol–water partition coefficient (Wildman–Crippen LogP) is 1.47. The zero-order valence-electron chi connectivity index (χ0n) is 13.2. The lowest BCUT2D eigenvalue weighted by atomic mass is 9.85. The molecule has 2 aliphatic rings. The summed E-state index contributed by atoms with van der Waals surface area (Å²) >= 11 is 0. The Hall–Kier alpha value is -0.610.